The van der Waals surface area contributed by atoms with E-state index in [1.165, 1.54) is 32.1 Å². The van der Waals surface area contributed by atoms with Crippen molar-refractivity contribution in [2.45, 2.75) is 51.6 Å². The molecule has 1 saturated carbocycles. The summed E-state index contributed by atoms with van der Waals surface area (Å²) in [7, 11) is 0. The van der Waals surface area contributed by atoms with Crippen LogP contribution in [0.4, 0.5) is 10.5 Å². The zero-order valence-electron chi connectivity index (χ0n) is 12.9. The summed E-state index contributed by atoms with van der Waals surface area (Å²) in [6.45, 7) is 3.38. The van der Waals surface area contributed by atoms with E-state index in [1.54, 1.807) is 0 Å². The quantitative estimate of drug-likeness (QED) is 0.782. The molecule has 1 aromatic rings. The molecule has 0 radical (unpaired) electrons. The molecule has 1 aromatic carbocycles. The molecule has 0 saturated heterocycles. The molecule has 0 spiro atoms. The summed E-state index contributed by atoms with van der Waals surface area (Å²) < 4.78 is 5.83. The lowest BCUT2D eigenvalue weighted by atomic mass is 9.98. The number of ether oxygens (including phenoxy) is 1. The third kappa shape index (κ3) is 6.17. The Hall–Kier alpha value is -1.55. The van der Waals surface area contributed by atoms with E-state index in [9.17, 15) is 4.79 Å². The summed E-state index contributed by atoms with van der Waals surface area (Å²) in [4.78, 5) is 11.7. The molecular formula is C17H26N2O2. The van der Waals surface area contributed by atoms with Crippen molar-refractivity contribution in [2.75, 3.05) is 18.5 Å². The van der Waals surface area contributed by atoms with Gasteiger partial charge in [0.15, 0.2) is 0 Å². The minimum Gasteiger partial charge on any atom is -0.378 e. The Labute approximate surface area is 127 Å². The molecule has 0 bridgehead atoms. The lowest BCUT2D eigenvalue weighted by Crippen LogP contribution is -2.30. The Balaban J connectivity index is 1.54. The van der Waals surface area contributed by atoms with Crippen LogP contribution in [-0.4, -0.2) is 25.3 Å². The first-order valence-corrected chi connectivity index (χ1v) is 7.97. The highest BCUT2D eigenvalue weighted by Gasteiger charge is 2.13. The van der Waals surface area contributed by atoms with Crippen molar-refractivity contribution in [3.05, 3.63) is 29.8 Å². The van der Waals surface area contributed by atoms with Gasteiger partial charge in [0.05, 0.1) is 6.10 Å². The maximum absolute atomic E-state index is 11.7. The highest BCUT2D eigenvalue weighted by molar-refractivity contribution is 5.89. The normalized spacial score (nSPS) is 15.7. The molecule has 0 unspecified atom stereocenters. The molecule has 1 fully saturated rings. The van der Waals surface area contributed by atoms with Gasteiger partial charge in [-0.05, 0) is 43.9 Å². The highest BCUT2D eigenvalue weighted by Crippen LogP contribution is 2.20. The molecule has 2 N–H and O–H groups in total. The molecule has 1 aliphatic rings. The molecular weight excluding hydrogens is 264 g/mol. The van der Waals surface area contributed by atoms with E-state index in [4.69, 9.17) is 4.74 Å². The van der Waals surface area contributed by atoms with Gasteiger partial charge in [0.2, 0.25) is 0 Å². The summed E-state index contributed by atoms with van der Waals surface area (Å²) in [5.74, 6) is 0. The number of hydrogen-bond acceptors (Lipinski definition) is 2. The van der Waals surface area contributed by atoms with E-state index in [2.05, 4.69) is 10.6 Å². The van der Waals surface area contributed by atoms with E-state index < -0.39 is 0 Å². The maximum Gasteiger partial charge on any atom is 0.319 e. The van der Waals surface area contributed by atoms with Crippen molar-refractivity contribution in [2.24, 2.45) is 0 Å². The van der Waals surface area contributed by atoms with Crippen LogP contribution in [-0.2, 0) is 4.74 Å². The van der Waals surface area contributed by atoms with Crippen molar-refractivity contribution in [3.63, 3.8) is 0 Å². The van der Waals surface area contributed by atoms with Crippen molar-refractivity contribution in [1.82, 2.24) is 5.32 Å². The number of rotatable bonds is 6. The van der Waals surface area contributed by atoms with Gasteiger partial charge in [0.1, 0.15) is 0 Å². The molecule has 21 heavy (non-hydrogen) atoms. The third-order valence-electron chi connectivity index (χ3n) is 3.79. The maximum atomic E-state index is 11.7. The Morgan fingerprint density at radius 2 is 2.10 bits per heavy atom. The van der Waals surface area contributed by atoms with Crippen LogP contribution >= 0.6 is 0 Å². The van der Waals surface area contributed by atoms with E-state index >= 15 is 0 Å². The van der Waals surface area contributed by atoms with Crippen molar-refractivity contribution < 1.29 is 9.53 Å². The van der Waals surface area contributed by atoms with Crippen LogP contribution in [0.15, 0.2) is 24.3 Å². The topological polar surface area (TPSA) is 50.4 Å². The molecule has 2 amide bonds. The van der Waals surface area contributed by atoms with Gasteiger partial charge >= 0.3 is 6.03 Å². The first-order chi connectivity index (χ1) is 10.2. The van der Waals surface area contributed by atoms with Crippen LogP contribution < -0.4 is 10.6 Å². The van der Waals surface area contributed by atoms with E-state index in [1.807, 2.05) is 31.2 Å². The van der Waals surface area contributed by atoms with Gasteiger partial charge in [-0.1, -0.05) is 31.4 Å². The minimum atomic E-state index is -0.154. The zero-order chi connectivity index (χ0) is 14.9. The second-order valence-corrected chi connectivity index (χ2v) is 5.73. The lowest BCUT2D eigenvalue weighted by molar-refractivity contribution is 0.0276. The SMILES string of the molecule is Cc1cccc(NC(=O)NCCCOC2CCCCC2)c1. The van der Waals surface area contributed by atoms with E-state index in [0.717, 1.165) is 24.3 Å². The predicted octanol–water partition coefficient (Wildman–Crippen LogP) is 3.86. The molecule has 0 aromatic heterocycles. The van der Waals surface area contributed by atoms with Gasteiger partial charge in [-0.15, -0.1) is 0 Å². The number of carbonyl (C=O) groups is 1. The molecule has 4 nitrogen and oxygen atoms in total. The van der Waals surface area contributed by atoms with E-state index in [-0.39, 0.29) is 6.03 Å². The number of carbonyl (C=O) groups excluding carboxylic acids is 1. The monoisotopic (exact) mass is 290 g/mol. The smallest absolute Gasteiger partial charge is 0.319 e. The van der Waals surface area contributed by atoms with Gasteiger partial charge in [0.25, 0.3) is 0 Å². The standard InChI is InChI=1S/C17H26N2O2/c1-14-7-5-8-15(13-14)19-17(20)18-11-6-12-21-16-9-3-2-4-10-16/h5,7-8,13,16H,2-4,6,9-12H2,1H3,(H2,18,19,20). The lowest BCUT2D eigenvalue weighted by Gasteiger charge is -2.21. The Kier molecular flexibility index (Phi) is 6.54. The largest absolute Gasteiger partial charge is 0.378 e. The first kappa shape index (κ1) is 15.8. The Morgan fingerprint density at radius 3 is 2.86 bits per heavy atom. The summed E-state index contributed by atoms with van der Waals surface area (Å²) >= 11 is 0. The number of benzene rings is 1. The van der Waals surface area contributed by atoms with Crippen molar-refractivity contribution in [1.29, 1.82) is 0 Å². The molecule has 0 heterocycles. The number of amides is 2. The third-order valence-corrected chi connectivity index (χ3v) is 3.79. The number of nitrogens with one attached hydrogen (secondary N) is 2. The molecule has 4 heteroatoms. The van der Waals surface area contributed by atoms with E-state index in [0.29, 0.717) is 12.6 Å². The van der Waals surface area contributed by atoms with Gasteiger partial charge in [0, 0.05) is 18.8 Å². The molecule has 1 aliphatic carbocycles. The first-order valence-electron chi connectivity index (χ1n) is 7.97. The number of aryl methyl sites for hydroxylation is 1. The second kappa shape index (κ2) is 8.67. The summed E-state index contributed by atoms with van der Waals surface area (Å²) in [6.07, 6.45) is 7.63. The number of urea groups is 1. The van der Waals surface area contributed by atoms with Crippen molar-refractivity contribution in [3.8, 4) is 0 Å². The van der Waals surface area contributed by atoms with Gasteiger partial charge < -0.3 is 15.4 Å². The molecule has 0 aliphatic heterocycles. The fraction of sp³-hybridized carbons (Fsp3) is 0.588. The van der Waals surface area contributed by atoms with Crippen LogP contribution in [0.1, 0.15) is 44.1 Å². The van der Waals surface area contributed by atoms with Crippen molar-refractivity contribution >= 4 is 11.7 Å². The average molecular weight is 290 g/mol. The summed E-state index contributed by atoms with van der Waals surface area (Å²) in [5.41, 5.74) is 1.96. The minimum absolute atomic E-state index is 0.154. The summed E-state index contributed by atoms with van der Waals surface area (Å²) in [5, 5.41) is 5.69. The van der Waals surface area contributed by atoms with Crippen LogP contribution in [0.2, 0.25) is 0 Å². The average Bonchev–Trinajstić information content (AvgIpc) is 2.48. The van der Waals surface area contributed by atoms with Crippen LogP contribution in [0, 0.1) is 6.92 Å². The van der Waals surface area contributed by atoms with Crippen LogP contribution in [0.25, 0.3) is 0 Å². The van der Waals surface area contributed by atoms with Gasteiger partial charge in [-0.2, -0.15) is 0 Å². The van der Waals surface area contributed by atoms with Gasteiger partial charge in [-0.3, -0.25) is 0 Å². The Bertz CT molecular complexity index is 442. The number of hydrogen-bond donors (Lipinski definition) is 2. The Morgan fingerprint density at radius 1 is 1.29 bits per heavy atom. The second-order valence-electron chi connectivity index (χ2n) is 5.73. The molecule has 116 valence electrons. The summed E-state index contributed by atoms with van der Waals surface area (Å²) in [6, 6.07) is 7.62. The van der Waals surface area contributed by atoms with Crippen LogP contribution in [0.3, 0.4) is 0 Å². The predicted molar refractivity (Wildman–Crippen MR) is 85.6 cm³/mol. The van der Waals surface area contributed by atoms with Crippen LogP contribution in [0.5, 0.6) is 0 Å². The highest BCUT2D eigenvalue weighted by atomic mass is 16.5. The fourth-order valence-corrected chi connectivity index (χ4v) is 2.65. The number of anilines is 1. The van der Waals surface area contributed by atoms with Gasteiger partial charge in [-0.25, -0.2) is 4.79 Å². The molecule has 2 rings (SSSR count). The zero-order valence-corrected chi connectivity index (χ0v) is 12.9. The molecule has 0 atom stereocenters. The fourth-order valence-electron chi connectivity index (χ4n) is 2.65.